The smallest absolute Gasteiger partial charge is 0.172 e. The van der Waals surface area contributed by atoms with Gasteiger partial charge in [-0.1, -0.05) is 21.1 Å². The summed E-state index contributed by atoms with van der Waals surface area (Å²) in [6.45, 7) is 1.96. The molecule has 0 aromatic heterocycles. The number of anilines is 1. The molecule has 0 bridgehead atoms. The number of nitrogens with zero attached hydrogens (tertiary/aromatic N) is 3. The van der Waals surface area contributed by atoms with E-state index < -0.39 is 0 Å². The summed E-state index contributed by atoms with van der Waals surface area (Å²) >= 11 is 3.43. The first-order valence-corrected chi connectivity index (χ1v) is 7.51. The lowest BCUT2D eigenvalue weighted by molar-refractivity contribution is 0.249. The Bertz CT molecular complexity index is 496. The van der Waals surface area contributed by atoms with Crippen LogP contribution < -0.4 is 10.6 Å². The Morgan fingerprint density at radius 2 is 2.05 bits per heavy atom. The molecule has 0 amide bonds. The molecule has 0 radical (unpaired) electrons. The Hall–Kier alpha value is -1.27. The summed E-state index contributed by atoms with van der Waals surface area (Å²) < 4.78 is 0.922. The maximum Gasteiger partial charge on any atom is 0.172 e. The minimum Gasteiger partial charge on any atom is -0.409 e. The second-order valence-corrected chi connectivity index (χ2v) is 6.24. The largest absolute Gasteiger partial charge is 0.409 e. The number of oxime groups is 1. The molecule has 1 heterocycles. The predicted molar refractivity (Wildman–Crippen MR) is 85.6 cm³/mol. The van der Waals surface area contributed by atoms with Gasteiger partial charge in [-0.05, 0) is 45.1 Å². The molecule has 5 nitrogen and oxygen atoms in total. The van der Waals surface area contributed by atoms with Crippen molar-refractivity contribution in [2.75, 3.05) is 32.1 Å². The van der Waals surface area contributed by atoms with Crippen molar-refractivity contribution in [3.8, 4) is 0 Å². The van der Waals surface area contributed by atoms with Crippen molar-refractivity contribution < 1.29 is 5.21 Å². The zero-order valence-corrected chi connectivity index (χ0v) is 13.5. The van der Waals surface area contributed by atoms with Gasteiger partial charge in [-0.25, -0.2) is 0 Å². The normalized spacial score (nSPS) is 17.8. The van der Waals surface area contributed by atoms with Crippen LogP contribution in [0, 0.1) is 0 Å². The van der Waals surface area contributed by atoms with E-state index in [4.69, 9.17) is 10.9 Å². The molecule has 0 aliphatic carbocycles. The summed E-state index contributed by atoms with van der Waals surface area (Å²) in [5.41, 5.74) is 7.59. The molecule has 110 valence electrons. The summed E-state index contributed by atoms with van der Waals surface area (Å²) in [6, 6.07) is 6.53. The molecular formula is C14H21BrN4O. The Balaban J connectivity index is 2.22. The standard InChI is InChI=1S/C14H21BrN4O/c1-18(2)11-5-7-19(8-6-11)13-4-3-10(15)9-12(13)14(16)17-20/h3-4,9,11,20H,5-8H2,1-2H3,(H2,16,17). The van der Waals surface area contributed by atoms with Crippen molar-refractivity contribution >= 4 is 27.5 Å². The number of amidine groups is 1. The van der Waals surface area contributed by atoms with Crippen LogP contribution >= 0.6 is 15.9 Å². The van der Waals surface area contributed by atoms with Gasteiger partial charge in [0.1, 0.15) is 0 Å². The number of hydrogen-bond donors (Lipinski definition) is 2. The fourth-order valence-electron chi connectivity index (χ4n) is 2.67. The third kappa shape index (κ3) is 3.24. The Kier molecular flexibility index (Phi) is 4.88. The van der Waals surface area contributed by atoms with E-state index in [1.807, 2.05) is 18.2 Å². The molecule has 6 heteroatoms. The van der Waals surface area contributed by atoms with Gasteiger partial charge in [-0.15, -0.1) is 0 Å². The van der Waals surface area contributed by atoms with Crippen LogP contribution in [0.25, 0.3) is 0 Å². The topological polar surface area (TPSA) is 65.1 Å². The van der Waals surface area contributed by atoms with Crippen LogP contribution in [0.15, 0.2) is 27.8 Å². The van der Waals surface area contributed by atoms with Crippen LogP contribution in [0.4, 0.5) is 5.69 Å². The monoisotopic (exact) mass is 340 g/mol. The number of nitrogens with two attached hydrogens (primary N) is 1. The second-order valence-electron chi connectivity index (χ2n) is 5.33. The molecule has 1 saturated heterocycles. The number of rotatable bonds is 3. The Morgan fingerprint density at radius 1 is 1.40 bits per heavy atom. The molecule has 0 atom stereocenters. The van der Waals surface area contributed by atoms with E-state index in [2.05, 4.69) is 45.0 Å². The highest BCUT2D eigenvalue weighted by atomic mass is 79.9. The van der Waals surface area contributed by atoms with Crippen LogP contribution in [0.1, 0.15) is 18.4 Å². The maximum atomic E-state index is 8.94. The van der Waals surface area contributed by atoms with E-state index in [0.29, 0.717) is 6.04 Å². The van der Waals surface area contributed by atoms with Crippen molar-refractivity contribution in [1.29, 1.82) is 0 Å². The number of piperidine rings is 1. The van der Waals surface area contributed by atoms with E-state index in [-0.39, 0.29) is 5.84 Å². The summed E-state index contributed by atoms with van der Waals surface area (Å²) in [5, 5.41) is 12.1. The first kappa shape index (κ1) is 15.1. The van der Waals surface area contributed by atoms with Crippen molar-refractivity contribution in [2.24, 2.45) is 10.9 Å². The van der Waals surface area contributed by atoms with Crippen LogP contribution in [0.3, 0.4) is 0 Å². The third-order valence-corrected chi connectivity index (χ3v) is 4.37. The number of halogens is 1. The van der Waals surface area contributed by atoms with Gasteiger partial charge in [-0.3, -0.25) is 0 Å². The van der Waals surface area contributed by atoms with Gasteiger partial charge in [0.25, 0.3) is 0 Å². The van der Waals surface area contributed by atoms with Gasteiger partial charge in [0, 0.05) is 34.9 Å². The second kappa shape index (κ2) is 6.45. The van der Waals surface area contributed by atoms with Gasteiger partial charge in [-0.2, -0.15) is 0 Å². The lowest BCUT2D eigenvalue weighted by Crippen LogP contribution is -2.42. The molecule has 1 fully saturated rings. The third-order valence-electron chi connectivity index (χ3n) is 3.88. The van der Waals surface area contributed by atoms with Crippen LogP contribution in [0.2, 0.25) is 0 Å². The molecule has 2 rings (SSSR count). The molecule has 0 saturated carbocycles. The van der Waals surface area contributed by atoms with Gasteiger partial charge >= 0.3 is 0 Å². The lowest BCUT2D eigenvalue weighted by Gasteiger charge is -2.37. The first-order chi connectivity index (χ1) is 9.52. The zero-order valence-electron chi connectivity index (χ0n) is 11.9. The molecule has 3 N–H and O–H groups in total. The minimum atomic E-state index is 0.149. The van der Waals surface area contributed by atoms with E-state index in [1.165, 1.54) is 0 Å². The van der Waals surface area contributed by atoms with E-state index >= 15 is 0 Å². The van der Waals surface area contributed by atoms with Crippen molar-refractivity contribution in [3.63, 3.8) is 0 Å². The van der Waals surface area contributed by atoms with Crippen LogP contribution in [0.5, 0.6) is 0 Å². The van der Waals surface area contributed by atoms with E-state index in [1.54, 1.807) is 0 Å². The van der Waals surface area contributed by atoms with Gasteiger partial charge in [0.05, 0.1) is 0 Å². The van der Waals surface area contributed by atoms with Crippen molar-refractivity contribution in [3.05, 3.63) is 28.2 Å². The average Bonchev–Trinajstić information content (AvgIpc) is 2.46. The zero-order chi connectivity index (χ0) is 14.7. The van der Waals surface area contributed by atoms with Crippen LogP contribution in [-0.4, -0.2) is 49.2 Å². The fourth-order valence-corrected chi connectivity index (χ4v) is 3.03. The number of benzene rings is 1. The summed E-state index contributed by atoms with van der Waals surface area (Å²) in [6.07, 6.45) is 2.25. The highest BCUT2D eigenvalue weighted by Crippen LogP contribution is 2.27. The summed E-state index contributed by atoms with van der Waals surface area (Å²) in [7, 11) is 4.25. The van der Waals surface area contributed by atoms with Crippen LogP contribution in [-0.2, 0) is 0 Å². The lowest BCUT2D eigenvalue weighted by atomic mass is 10.0. The molecule has 1 aromatic rings. The average molecular weight is 341 g/mol. The minimum absolute atomic E-state index is 0.149. The van der Waals surface area contributed by atoms with Gasteiger partial charge in [0.15, 0.2) is 5.84 Å². The molecule has 1 aliphatic rings. The van der Waals surface area contributed by atoms with Crippen molar-refractivity contribution in [2.45, 2.75) is 18.9 Å². The molecular weight excluding hydrogens is 320 g/mol. The fraction of sp³-hybridized carbons (Fsp3) is 0.500. The van der Waals surface area contributed by atoms with E-state index in [0.717, 1.165) is 41.7 Å². The predicted octanol–water partition coefficient (Wildman–Crippen LogP) is 2.07. The molecule has 20 heavy (non-hydrogen) atoms. The highest BCUT2D eigenvalue weighted by Gasteiger charge is 2.23. The van der Waals surface area contributed by atoms with Gasteiger partial charge in [0.2, 0.25) is 0 Å². The maximum absolute atomic E-state index is 8.94. The molecule has 1 aromatic carbocycles. The summed E-state index contributed by atoms with van der Waals surface area (Å²) in [5.74, 6) is 0.149. The first-order valence-electron chi connectivity index (χ1n) is 6.71. The van der Waals surface area contributed by atoms with Gasteiger partial charge < -0.3 is 20.7 Å². The van der Waals surface area contributed by atoms with Crippen molar-refractivity contribution in [1.82, 2.24) is 4.90 Å². The highest BCUT2D eigenvalue weighted by molar-refractivity contribution is 9.10. The Labute approximate surface area is 128 Å². The Morgan fingerprint density at radius 3 is 2.60 bits per heavy atom. The number of hydrogen-bond acceptors (Lipinski definition) is 4. The summed E-state index contributed by atoms with van der Waals surface area (Å²) in [4.78, 5) is 4.59. The van der Waals surface area contributed by atoms with E-state index in [9.17, 15) is 0 Å². The quantitative estimate of drug-likeness (QED) is 0.382. The molecule has 0 unspecified atom stereocenters. The molecule has 0 spiro atoms. The SMILES string of the molecule is CN(C)C1CCN(c2ccc(Br)cc2/C(N)=N/O)CC1. The molecule has 1 aliphatic heterocycles.